The van der Waals surface area contributed by atoms with Crippen LogP contribution in [0.2, 0.25) is 0 Å². The van der Waals surface area contributed by atoms with Crippen molar-refractivity contribution in [2.75, 3.05) is 26.3 Å². The molecule has 0 aliphatic carbocycles. The third-order valence-electron chi connectivity index (χ3n) is 9.15. The smallest absolute Gasteiger partial charge is 0.308 e. The fraction of sp³-hybridized carbons (Fsp3) is 0.900. The van der Waals surface area contributed by atoms with Crippen molar-refractivity contribution in [1.29, 1.82) is 0 Å². The van der Waals surface area contributed by atoms with Crippen LogP contribution in [0.25, 0.3) is 0 Å². The Labute approximate surface area is 295 Å². The van der Waals surface area contributed by atoms with Gasteiger partial charge >= 0.3 is 11.9 Å². The van der Waals surface area contributed by atoms with E-state index in [0.717, 1.165) is 103 Å². The molecule has 48 heavy (non-hydrogen) atoms. The van der Waals surface area contributed by atoms with E-state index < -0.39 is 0 Å². The summed E-state index contributed by atoms with van der Waals surface area (Å²) in [6.07, 6.45) is 26.9. The lowest BCUT2D eigenvalue weighted by Crippen LogP contribution is -2.37. The van der Waals surface area contributed by atoms with Gasteiger partial charge in [-0.25, -0.2) is 0 Å². The Morgan fingerprint density at radius 3 is 1.46 bits per heavy atom. The number of nitrogens with one attached hydrogen (secondary N) is 2. The third kappa shape index (κ3) is 28.9. The number of rotatable bonds is 35. The van der Waals surface area contributed by atoms with Gasteiger partial charge in [0.1, 0.15) is 0 Å². The van der Waals surface area contributed by atoms with Gasteiger partial charge in [-0.2, -0.15) is 0 Å². The molecule has 0 aromatic carbocycles. The molecule has 8 nitrogen and oxygen atoms in total. The molecule has 0 bridgehead atoms. The molecular formula is C40H76N2O6. The van der Waals surface area contributed by atoms with Crippen LogP contribution in [0.15, 0.2) is 0 Å². The van der Waals surface area contributed by atoms with Crippen molar-refractivity contribution in [3.8, 4) is 0 Å². The lowest BCUT2D eigenvalue weighted by molar-refractivity contribution is -0.150. The first kappa shape index (κ1) is 45.9. The zero-order valence-electron chi connectivity index (χ0n) is 31.8. The summed E-state index contributed by atoms with van der Waals surface area (Å²) in [4.78, 5) is 49.3. The Balaban J connectivity index is 3.88. The fourth-order valence-electron chi connectivity index (χ4n) is 6.04. The van der Waals surface area contributed by atoms with Crippen molar-refractivity contribution >= 4 is 23.8 Å². The maximum atomic E-state index is 12.8. The number of hydrogen-bond donors (Lipinski definition) is 2. The minimum atomic E-state index is -0.208. The van der Waals surface area contributed by atoms with Crippen LogP contribution in [0, 0.1) is 11.8 Å². The summed E-state index contributed by atoms with van der Waals surface area (Å²) in [5.74, 6) is -0.508. The number of amides is 2. The molecule has 0 aliphatic rings. The maximum absolute atomic E-state index is 12.8. The molecule has 282 valence electrons. The fourth-order valence-corrected chi connectivity index (χ4v) is 6.04. The number of unbranched alkanes of at least 4 members (excludes halogenated alkanes) is 15. The van der Waals surface area contributed by atoms with Crippen LogP contribution in [0.1, 0.15) is 195 Å². The Morgan fingerprint density at radius 2 is 0.875 bits per heavy atom. The molecule has 0 fully saturated rings. The minimum Gasteiger partial charge on any atom is -0.465 e. The second-order valence-electron chi connectivity index (χ2n) is 13.8. The Bertz CT molecular complexity index is 790. The van der Waals surface area contributed by atoms with Gasteiger partial charge in [0, 0.05) is 13.0 Å². The summed E-state index contributed by atoms with van der Waals surface area (Å²) in [5.41, 5.74) is 0. The van der Waals surface area contributed by atoms with E-state index in [9.17, 15) is 19.2 Å². The summed E-state index contributed by atoms with van der Waals surface area (Å²) in [7, 11) is 0. The first-order chi connectivity index (χ1) is 23.4. The van der Waals surface area contributed by atoms with Crippen LogP contribution >= 0.6 is 0 Å². The Hall–Kier alpha value is -2.12. The zero-order valence-corrected chi connectivity index (χ0v) is 31.8. The van der Waals surface area contributed by atoms with Crippen LogP contribution in [0.4, 0.5) is 0 Å². The van der Waals surface area contributed by atoms with E-state index in [-0.39, 0.29) is 55.2 Å². The summed E-state index contributed by atoms with van der Waals surface area (Å²) in [6, 6.07) is 0. The molecule has 0 heterocycles. The highest BCUT2D eigenvalue weighted by Crippen LogP contribution is 2.21. The van der Waals surface area contributed by atoms with E-state index in [4.69, 9.17) is 9.47 Å². The SMILES string of the molecule is CCCCCCCCC(CCCCCC)C(=O)OCCCCCCCCNC(=O)CNC(=O)CCCOC(=O)C(CCC)CCCCC. The molecule has 0 saturated carbocycles. The number of hydrogen-bond acceptors (Lipinski definition) is 6. The van der Waals surface area contributed by atoms with E-state index in [2.05, 4.69) is 38.3 Å². The monoisotopic (exact) mass is 681 g/mol. The normalized spacial score (nSPS) is 12.3. The van der Waals surface area contributed by atoms with E-state index >= 15 is 0 Å². The van der Waals surface area contributed by atoms with Crippen LogP contribution < -0.4 is 10.6 Å². The quantitative estimate of drug-likeness (QED) is 0.0509. The van der Waals surface area contributed by atoms with Crippen molar-refractivity contribution < 1.29 is 28.7 Å². The van der Waals surface area contributed by atoms with E-state index in [0.29, 0.717) is 19.6 Å². The molecule has 0 aromatic heterocycles. The first-order valence-electron chi connectivity index (χ1n) is 20.3. The van der Waals surface area contributed by atoms with Crippen molar-refractivity contribution in [3.63, 3.8) is 0 Å². The van der Waals surface area contributed by atoms with Gasteiger partial charge in [0.25, 0.3) is 0 Å². The molecule has 2 unspecified atom stereocenters. The highest BCUT2D eigenvalue weighted by Gasteiger charge is 2.20. The maximum Gasteiger partial charge on any atom is 0.308 e. The standard InChI is InChI=1S/C40H76N2O6/c1-5-9-12-14-17-22-29-36(28-21-13-10-6-2)40(46)47-32-24-19-16-15-18-23-31-41-38(44)34-42-37(43)30-25-33-48-39(45)35(26-8-4)27-20-11-7-3/h35-36H,5-34H2,1-4H3,(H,41,44)(H,42,43). The lowest BCUT2D eigenvalue weighted by atomic mass is 9.94. The van der Waals surface area contributed by atoms with E-state index in [1.807, 2.05) is 0 Å². The molecule has 8 heteroatoms. The summed E-state index contributed by atoms with van der Waals surface area (Å²) < 4.78 is 11.1. The molecule has 0 aromatic rings. The third-order valence-corrected chi connectivity index (χ3v) is 9.15. The predicted octanol–water partition coefficient (Wildman–Crippen LogP) is 9.76. The van der Waals surface area contributed by atoms with Gasteiger partial charge < -0.3 is 20.1 Å². The van der Waals surface area contributed by atoms with E-state index in [1.165, 1.54) is 51.4 Å². The molecule has 2 amide bonds. The number of carbonyl (C=O) groups is 4. The molecule has 2 atom stereocenters. The molecular weight excluding hydrogens is 604 g/mol. The average molecular weight is 681 g/mol. The van der Waals surface area contributed by atoms with Gasteiger partial charge in [0.15, 0.2) is 0 Å². The second kappa shape index (κ2) is 34.7. The van der Waals surface area contributed by atoms with Crippen LogP contribution in [0.5, 0.6) is 0 Å². The Kier molecular flexibility index (Phi) is 33.2. The molecule has 0 spiro atoms. The predicted molar refractivity (Wildman–Crippen MR) is 198 cm³/mol. The summed E-state index contributed by atoms with van der Waals surface area (Å²) in [5, 5.41) is 5.52. The lowest BCUT2D eigenvalue weighted by Gasteiger charge is -2.16. The highest BCUT2D eigenvalue weighted by molar-refractivity contribution is 5.84. The van der Waals surface area contributed by atoms with Gasteiger partial charge in [0.05, 0.1) is 31.6 Å². The largest absolute Gasteiger partial charge is 0.465 e. The van der Waals surface area contributed by atoms with Crippen molar-refractivity contribution in [2.45, 2.75) is 195 Å². The first-order valence-corrected chi connectivity index (χ1v) is 20.3. The Morgan fingerprint density at radius 1 is 0.438 bits per heavy atom. The van der Waals surface area contributed by atoms with Crippen molar-refractivity contribution in [1.82, 2.24) is 10.6 Å². The molecule has 0 aliphatic heterocycles. The van der Waals surface area contributed by atoms with E-state index in [1.54, 1.807) is 0 Å². The molecule has 0 rings (SSSR count). The number of esters is 2. The zero-order chi connectivity index (χ0) is 35.5. The van der Waals surface area contributed by atoms with Gasteiger partial charge in [-0.3, -0.25) is 19.2 Å². The average Bonchev–Trinajstić information content (AvgIpc) is 3.08. The molecule has 0 radical (unpaired) electrons. The van der Waals surface area contributed by atoms with Gasteiger partial charge in [-0.15, -0.1) is 0 Å². The van der Waals surface area contributed by atoms with Crippen molar-refractivity contribution in [3.05, 3.63) is 0 Å². The van der Waals surface area contributed by atoms with Gasteiger partial charge in [-0.1, -0.05) is 143 Å². The second-order valence-corrected chi connectivity index (χ2v) is 13.8. The number of ether oxygens (including phenoxy) is 2. The topological polar surface area (TPSA) is 111 Å². The minimum absolute atomic E-state index is 0.0153. The summed E-state index contributed by atoms with van der Waals surface area (Å²) in [6.45, 7) is 9.99. The molecule has 0 saturated heterocycles. The van der Waals surface area contributed by atoms with Crippen LogP contribution in [-0.2, 0) is 28.7 Å². The van der Waals surface area contributed by atoms with Gasteiger partial charge in [0.2, 0.25) is 11.8 Å². The molecule has 2 N–H and O–H groups in total. The van der Waals surface area contributed by atoms with Crippen LogP contribution in [0.3, 0.4) is 0 Å². The van der Waals surface area contributed by atoms with Crippen LogP contribution in [-0.4, -0.2) is 50.1 Å². The number of carbonyl (C=O) groups excluding carboxylic acids is 4. The van der Waals surface area contributed by atoms with Gasteiger partial charge in [-0.05, 0) is 44.9 Å². The highest BCUT2D eigenvalue weighted by atomic mass is 16.5. The summed E-state index contributed by atoms with van der Waals surface area (Å²) >= 11 is 0. The van der Waals surface area contributed by atoms with Crippen molar-refractivity contribution in [2.24, 2.45) is 11.8 Å².